The first-order valence-corrected chi connectivity index (χ1v) is 15.1. The molecular formula is C37H39NO4. The van der Waals surface area contributed by atoms with Crippen LogP contribution in [0.4, 0.5) is 0 Å². The molecule has 4 aromatic rings. The van der Waals surface area contributed by atoms with Crippen LogP contribution < -0.4 is 18.9 Å². The molecular weight excluding hydrogens is 522 g/mol. The van der Waals surface area contributed by atoms with Crippen LogP contribution in [0, 0.1) is 13.8 Å². The maximum Gasteiger partial charge on any atom is 0.231 e. The Morgan fingerprint density at radius 2 is 1.48 bits per heavy atom. The van der Waals surface area contributed by atoms with Gasteiger partial charge in [-0.05, 0) is 79.1 Å². The van der Waals surface area contributed by atoms with Gasteiger partial charge in [-0.1, -0.05) is 65.7 Å². The Morgan fingerprint density at radius 1 is 0.810 bits per heavy atom. The number of hydrogen-bond donors (Lipinski definition) is 0. The van der Waals surface area contributed by atoms with Crippen molar-refractivity contribution in [3.05, 3.63) is 117 Å². The summed E-state index contributed by atoms with van der Waals surface area (Å²) in [5, 5.41) is 0. The Balaban J connectivity index is 1.32. The smallest absolute Gasteiger partial charge is 0.231 e. The molecule has 3 aliphatic heterocycles. The van der Waals surface area contributed by atoms with E-state index in [0.29, 0.717) is 12.7 Å². The van der Waals surface area contributed by atoms with Gasteiger partial charge in [0.05, 0.1) is 14.2 Å². The summed E-state index contributed by atoms with van der Waals surface area (Å²) in [6, 6.07) is 27.3. The molecule has 0 fully saturated rings. The molecule has 0 aliphatic carbocycles. The molecule has 0 amide bonds. The van der Waals surface area contributed by atoms with Crippen molar-refractivity contribution in [2.75, 3.05) is 27.6 Å². The van der Waals surface area contributed by atoms with Crippen molar-refractivity contribution >= 4 is 0 Å². The zero-order valence-corrected chi connectivity index (χ0v) is 25.0. The third-order valence-electron chi connectivity index (χ3n) is 9.57. The molecule has 4 aromatic carbocycles. The standard InChI is InChI=1S/C37H39NO4/c1-23-5-9-25(10-6-23)28(26-11-7-24(2)8-12-26)13-14-30-29-15-16-33(39-3)37(40-4)32(29)21-38-18-17-27-19-34-35(42-22-41-34)20-31(27)36(30)38/h5-12,15-16,19-20,28,30,36H,13-14,17-18,21-22H2,1-4H3. The van der Waals surface area contributed by atoms with E-state index in [1.54, 1.807) is 14.2 Å². The average molecular weight is 562 g/mol. The number of fused-ring (bicyclic) bond motifs is 5. The number of hydrogen-bond acceptors (Lipinski definition) is 5. The van der Waals surface area contributed by atoms with Gasteiger partial charge in [0.1, 0.15) is 0 Å². The zero-order chi connectivity index (χ0) is 28.8. The van der Waals surface area contributed by atoms with Gasteiger partial charge in [0.15, 0.2) is 23.0 Å². The lowest BCUT2D eigenvalue weighted by atomic mass is 9.72. The van der Waals surface area contributed by atoms with Gasteiger partial charge in [-0.15, -0.1) is 0 Å². The SMILES string of the molecule is COc1ccc2c(c1OC)CN1CCc3cc4c(cc3C1C2CCC(c1ccc(C)cc1)c1ccc(C)cc1)OCO4. The van der Waals surface area contributed by atoms with E-state index in [-0.39, 0.29) is 12.0 Å². The first kappa shape index (κ1) is 26.9. The quantitative estimate of drug-likeness (QED) is 0.230. The molecule has 0 saturated carbocycles. The summed E-state index contributed by atoms with van der Waals surface area (Å²) in [6.07, 6.45) is 3.06. The van der Waals surface area contributed by atoms with Crippen molar-refractivity contribution in [3.63, 3.8) is 0 Å². The lowest BCUT2D eigenvalue weighted by Crippen LogP contribution is -2.42. The maximum atomic E-state index is 5.99. The van der Waals surface area contributed by atoms with E-state index in [2.05, 4.69) is 91.5 Å². The minimum Gasteiger partial charge on any atom is -0.493 e. The third-order valence-corrected chi connectivity index (χ3v) is 9.57. The van der Waals surface area contributed by atoms with Crippen molar-refractivity contribution in [1.82, 2.24) is 4.90 Å². The van der Waals surface area contributed by atoms with Crippen LogP contribution in [-0.4, -0.2) is 32.5 Å². The number of rotatable bonds is 7. The van der Waals surface area contributed by atoms with Gasteiger partial charge in [0.2, 0.25) is 6.79 Å². The first-order valence-electron chi connectivity index (χ1n) is 15.1. The molecule has 7 rings (SSSR count). The van der Waals surface area contributed by atoms with Crippen LogP contribution in [0.3, 0.4) is 0 Å². The average Bonchev–Trinajstić information content (AvgIpc) is 3.48. The van der Waals surface area contributed by atoms with Gasteiger partial charge in [-0.2, -0.15) is 0 Å². The molecule has 0 aromatic heterocycles. The maximum absolute atomic E-state index is 5.99. The molecule has 3 aliphatic rings. The molecule has 3 heterocycles. The Bertz CT molecular complexity index is 1550. The minimum atomic E-state index is 0.255. The van der Waals surface area contributed by atoms with Gasteiger partial charge >= 0.3 is 0 Å². The highest BCUT2D eigenvalue weighted by atomic mass is 16.7. The molecule has 42 heavy (non-hydrogen) atoms. The third kappa shape index (κ3) is 4.70. The molecule has 0 bridgehead atoms. The van der Waals surface area contributed by atoms with Crippen molar-refractivity contribution in [2.45, 2.75) is 57.5 Å². The fraction of sp³-hybridized carbons (Fsp3) is 0.351. The Hall–Kier alpha value is -3.96. The fourth-order valence-electron chi connectivity index (χ4n) is 7.41. The topological polar surface area (TPSA) is 40.2 Å². The molecule has 0 radical (unpaired) electrons. The normalized spacial score (nSPS) is 18.8. The summed E-state index contributed by atoms with van der Waals surface area (Å²) < 4.78 is 23.4. The van der Waals surface area contributed by atoms with Crippen LogP contribution in [-0.2, 0) is 13.0 Å². The van der Waals surface area contributed by atoms with E-state index in [0.717, 1.165) is 55.4 Å². The summed E-state index contributed by atoms with van der Waals surface area (Å²) in [5.74, 6) is 4.00. The predicted octanol–water partition coefficient (Wildman–Crippen LogP) is 7.86. The largest absolute Gasteiger partial charge is 0.493 e. The van der Waals surface area contributed by atoms with Crippen LogP contribution in [0.15, 0.2) is 72.8 Å². The lowest BCUT2D eigenvalue weighted by Gasteiger charge is -2.47. The summed E-state index contributed by atoms with van der Waals surface area (Å²) in [5.41, 5.74) is 10.7. The molecule has 5 heteroatoms. The Kier molecular flexibility index (Phi) is 7.07. The highest BCUT2D eigenvalue weighted by Crippen LogP contribution is 2.53. The van der Waals surface area contributed by atoms with E-state index in [1.165, 1.54) is 44.5 Å². The van der Waals surface area contributed by atoms with Gasteiger partial charge < -0.3 is 18.9 Å². The van der Waals surface area contributed by atoms with Crippen molar-refractivity contribution < 1.29 is 18.9 Å². The summed E-state index contributed by atoms with van der Waals surface area (Å²) in [6.45, 7) is 6.44. The van der Waals surface area contributed by atoms with Crippen LogP contribution in [0.1, 0.15) is 75.2 Å². The predicted molar refractivity (Wildman–Crippen MR) is 165 cm³/mol. The Morgan fingerprint density at radius 3 is 2.12 bits per heavy atom. The van der Waals surface area contributed by atoms with E-state index < -0.39 is 0 Å². The van der Waals surface area contributed by atoms with Gasteiger partial charge in [0.25, 0.3) is 0 Å². The number of methoxy groups -OCH3 is 2. The molecule has 216 valence electrons. The first-order chi connectivity index (χ1) is 20.5. The van der Waals surface area contributed by atoms with Gasteiger partial charge in [0, 0.05) is 36.5 Å². The zero-order valence-electron chi connectivity index (χ0n) is 25.0. The summed E-state index contributed by atoms with van der Waals surface area (Å²) >= 11 is 0. The number of ether oxygens (including phenoxy) is 4. The van der Waals surface area contributed by atoms with Gasteiger partial charge in [-0.25, -0.2) is 0 Å². The van der Waals surface area contributed by atoms with E-state index in [1.807, 2.05) is 0 Å². The molecule has 0 spiro atoms. The highest BCUT2D eigenvalue weighted by Gasteiger charge is 2.42. The van der Waals surface area contributed by atoms with E-state index in [4.69, 9.17) is 18.9 Å². The molecule has 5 nitrogen and oxygen atoms in total. The molecule has 0 N–H and O–H groups in total. The van der Waals surface area contributed by atoms with Crippen molar-refractivity contribution in [1.29, 1.82) is 0 Å². The summed E-state index contributed by atoms with van der Waals surface area (Å²) in [4.78, 5) is 2.65. The van der Waals surface area contributed by atoms with Crippen molar-refractivity contribution in [3.8, 4) is 23.0 Å². The van der Waals surface area contributed by atoms with Crippen LogP contribution in [0.25, 0.3) is 0 Å². The second kappa shape index (κ2) is 11.0. The minimum absolute atomic E-state index is 0.255. The number of aryl methyl sites for hydroxylation is 2. The van der Waals surface area contributed by atoms with Gasteiger partial charge in [-0.3, -0.25) is 4.90 Å². The van der Waals surface area contributed by atoms with E-state index in [9.17, 15) is 0 Å². The molecule has 2 atom stereocenters. The summed E-state index contributed by atoms with van der Waals surface area (Å²) in [7, 11) is 3.48. The second-order valence-corrected chi connectivity index (χ2v) is 12.0. The fourth-order valence-corrected chi connectivity index (χ4v) is 7.41. The van der Waals surface area contributed by atoms with E-state index >= 15 is 0 Å². The lowest BCUT2D eigenvalue weighted by molar-refractivity contribution is 0.125. The molecule has 2 unspecified atom stereocenters. The Labute approximate surface area is 249 Å². The van der Waals surface area contributed by atoms with Crippen molar-refractivity contribution in [2.24, 2.45) is 0 Å². The monoisotopic (exact) mass is 561 g/mol. The van der Waals surface area contributed by atoms with Crippen LogP contribution in [0.2, 0.25) is 0 Å². The second-order valence-electron chi connectivity index (χ2n) is 12.0. The number of benzene rings is 4. The molecule has 0 saturated heterocycles. The van der Waals surface area contributed by atoms with Crippen LogP contribution >= 0.6 is 0 Å². The van der Waals surface area contributed by atoms with Crippen LogP contribution in [0.5, 0.6) is 23.0 Å². The number of nitrogens with zero attached hydrogens (tertiary/aromatic N) is 1. The highest BCUT2D eigenvalue weighted by molar-refractivity contribution is 5.56.